The van der Waals surface area contributed by atoms with Gasteiger partial charge < -0.3 is 9.15 Å². The van der Waals surface area contributed by atoms with Crippen LogP contribution < -0.4 is 5.56 Å². The Morgan fingerprint density at radius 3 is 2.77 bits per heavy atom. The van der Waals surface area contributed by atoms with Gasteiger partial charge in [0.2, 0.25) is 5.89 Å². The van der Waals surface area contributed by atoms with Crippen LogP contribution in [0.3, 0.4) is 0 Å². The second-order valence-electron chi connectivity index (χ2n) is 6.80. The molecule has 31 heavy (non-hydrogen) atoms. The quantitative estimate of drug-likeness (QED) is 0.185. The molecule has 4 aromatic rings. The molecule has 9 heteroatoms. The van der Waals surface area contributed by atoms with Gasteiger partial charge in [0.1, 0.15) is 6.26 Å². The topological polar surface area (TPSA) is 70.2 Å². The van der Waals surface area contributed by atoms with E-state index in [-0.39, 0.29) is 5.56 Å². The predicted molar refractivity (Wildman–Crippen MR) is 124 cm³/mol. The van der Waals surface area contributed by atoms with Gasteiger partial charge in [-0.25, -0.2) is 9.97 Å². The molecule has 2 aromatic carbocycles. The van der Waals surface area contributed by atoms with Crippen LogP contribution in [0.4, 0.5) is 0 Å². The maximum absolute atomic E-state index is 13.1. The highest BCUT2D eigenvalue weighted by atomic mass is 35.5. The maximum atomic E-state index is 13.1. The lowest BCUT2D eigenvalue weighted by Gasteiger charge is -2.12. The van der Waals surface area contributed by atoms with Crippen LogP contribution in [0.15, 0.2) is 63.1 Å². The molecule has 0 atom stereocenters. The first kappa shape index (κ1) is 21.9. The molecule has 0 unspecified atom stereocenters. The third-order valence-electron chi connectivity index (χ3n) is 4.58. The minimum atomic E-state index is -0.0972. The van der Waals surface area contributed by atoms with E-state index in [0.717, 1.165) is 11.3 Å². The van der Waals surface area contributed by atoms with E-state index in [1.165, 1.54) is 11.8 Å². The molecule has 2 heterocycles. The first-order valence-corrected chi connectivity index (χ1v) is 11.3. The maximum Gasteiger partial charge on any atom is 0.262 e. The molecule has 0 radical (unpaired) electrons. The van der Waals surface area contributed by atoms with Crippen LogP contribution in [0.25, 0.3) is 22.4 Å². The third-order valence-corrected chi connectivity index (χ3v) is 6.07. The zero-order valence-electron chi connectivity index (χ0n) is 16.7. The van der Waals surface area contributed by atoms with E-state index in [1.54, 1.807) is 48.3 Å². The van der Waals surface area contributed by atoms with Crippen molar-refractivity contribution in [2.24, 2.45) is 0 Å². The summed E-state index contributed by atoms with van der Waals surface area (Å²) in [7, 11) is 1.64. The normalized spacial score (nSPS) is 11.3. The molecule has 0 aliphatic heterocycles. The van der Waals surface area contributed by atoms with Crippen molar-refractivity contribution < 1.29 is 9.15 Å². The van der Waals surface area contributed by atoms with Crippen LogP contribution in [0.2, 0.25) is 10.0 Å². The van der Waals surface area contributed by atoms with Crippen molar-refractivity contribution >= 4 is 45.9 Å². The van der Waals surface area contributed by atoms with E-state index < -0.39 is 0 Å². The predicted octanol–water partition coefficient (Wildman–Crippen LogP) is 5.69. The van der Waals surface area contributed by atoms with E-state index in [1.807, 2.05) is 12.1 Å². The summed E-state index contributed by atoms with van der Waals surface area (Å²) in [5.74, 6) is 0.987. The summed E-state index contributed by atoms with van der Waals surface area (Å²) in [5, 5.41) is 2.29. The Bertz CT molecular complexity index is 1270. The minimum absolute atomic E-state index is 0.0972. The van der Waals surface area contributed by atoms with Crippen LogP contribution in [-0.2, 0) is 17.0 Å². The van der Waals surface area contributed by atoms with E-state index >= 15 is 0 Å². The molecule has 0 bridgehead atoms. The summed E-state index contributed by atoms with van der Waals surface area (Å²) < 4.78 is 12.4. The number of oxazole rings is 1. The first-order chi connectivity index (χ1) is 15.0. The Hall–Kier alpha value is -2.32. The number of methoxy groups -OCH3 is 1. The Morgan fingerprint density at radius 1 is 1.13 bits per heavy atom. The molecule has 4 rings (SSSR count). The number of hydrogen-bond acceptors (Lipinski definition) is 6. The fraction of sp³-hybridized carbons (Fsp3) is 0.227. The van der Waals surface area contributed by atoms with Crippen LogP contribution in [0.5, 0.6) is 0 Å². The van der Waals surface area contributed by atoms with Crippen molar-refractivity contribution in [3.63, 3.8) is 0 Å². The van der Waals surface area contributed by atoms with E-state index in [9.17, 15) is 4.79 Å². The first-order valence-electron chi connectivity index (χ1n) is 9.57. The lowest BCUT2D eigenvalue weighted by Crippen LogP contribution is -2.24. The summed E-state index contributed by atoms with van der Waals surface area (Å²) in [6, 6.07) is 12.4. The fourth-order valence-corrected chi connectivity index (χ4v) is 4.37. The highest BCUT2D eigenvalue weighted by molar-refractivity contribution is 7.98. The van der Waals surface area contributed by atoms with Crippen molar-refractivity contribution in [2.75, 3.05) is 13.7 Å². The number of thioether (sulfide) groups is 1. The van der Waals surface area contributed by atoms with Crippen molar-refractivity contribution in [1.29, 1.82) is 0 Å². The van der Waals surface area contributed by atoms with Crippen LogP contribution in [0.1, 0.15) is 12.1 Å². The summed E-state index contributed by atoms with van der Waals surface area (Å²) in [6.45, 7) is 1.06. The fourth-order valence-electron chi connectivity index (χ4n) is 3.11. The number of nitrogens with zero attached hydrogens (tertiary/aromatic N) is 3. The SMILES string of the molecule is COCCCn1c(SCc2coc(-c3cccc(Cl)c3)n2)nc2cc(Cl)ccc2c1=O. The van der Waals surface area contributed by atoms with Gasteiger partial charge in [-0.05, 0) is 42.8 Å². The van der Waals surface area contributed by atoms with Crippen LogP contribution in [0, 0.1) is 0 Å². The lowest BCUT2D eigenvalue weighted by molar-refractivity contribution is 0.189. The number of halogens is 2. The number of benzene rings is 2. The Labute approximate surface area is 193 Å². The Balaban J connectivity index is 1.61. The molecule has 160 valence electrons. The van der Waals surface area contributed by atoms with E-state index in [2.05, 4.69) is 4.98 Å². The van der Waals surface area contributed by atoms with Crippen molar-refractivity contribution in [3.05, 3.63) is 74.8 Å². The summed E-state index contributed by atoms with van der Waals surface area (Å²) in [5.41, 5.74) is 2.02. The highest BCUT2D eigenvalue weighted by Gasteiger charge is 2.14. The average molecular weight is 476 g/mol. The number of ether oxygens (including phenoxy) is 1. The second kappa shape index (κ2) is 9.87. The number of aromatic nitrogens is 3. The molecule has 0 amide bonds. The van der Waals surface area contributed by atoms with Crippen LogP contribution >= 0.6 is 35.0 Å². The summed E-state index contributed by atoms with van der Waals surface area (Å²) in [4.78, 5) is 22.3. The van der Waals surface area contributed by atoms with Gasteiger partial charge in [-0.3, -0.25) is 9.36 Å². The van der Waals surface area contributed by atoms with Gasteiger partial charge >= 0.3 is 0 Å². The Kier molecular flexibility index (Phi) is 6.97. The van der Waals surface area contributed by atoms with Crippen LogP contribution in [-0.4, -0.2) is 28.3 Å². The molecule has 0 aliphatic carbocycles. The molecular weight excluding hydrogens is 457 g/mol. The Morgan fingerprint density at radius 2 is 1.97 bits per heavy atom. The van der Waals surface area contributed by atoms with Crippen molar-refractivity contribution in [3.8, 4) is 11.5 Å². The molecule has 0 saturated carbocycles. The number of fused-ring (bicyclic) bond motifs is 1. The van der Waals surface area contributed by atoms with Gasteiger partial charge in [0.05, 0.1) is 16.6 Å². The van der Waals surface area contributed by atoms with Gasteiger partial charge in [-0.1, -0.05) is 41.0 Å². The van der Waals surface area contributed by atoms with Gasteiger partial charge in [-0.15, -0.1) is 0 Å². The van der Waals surface area contributed by atoms with Gasteiger partial charge in [-0.2, -0.15) is 0 Å². The monoisotopic (exact) mass is 475 g/mol. The van der Waals surface area contributed by atoms with Gasteiger partial charge in [0.25, 0.3) is 5.56 Å². The third kappa shape index (κ3) is 5.13. The minimum Gasteiger partial charge on any atom is -0.444 e. The molecule has 2 aromatic heterocycles. The van der Waals surface area contributed by atoms with Crippen molar-refractivity contribution in [1.82, 2.24) is 14.5 Å². The molecule has 0 aliphatic rings. The van der Waals surface area contributed by atoms with Gasteiger partial charge in [0, 0.05) is 41.6 Å². The smallest absolute Gasteiger partial charge is 0.262 e. The van der Waals surface area contributed by atoms with Gasteiger partial charge in [0.15, 0.2) is 5.16 Å². The largest absolute Gasteiger partial charge is 0.444 e. The molecular formula is C22H19Cl2N3O3S. The summed E-state index contributed by atoms with van der Waals surface area (Å²) >= 11 is 13.6. The molecule has 0 N–H and O–H groups in total. The summed E-state index contributed by atoms with van der Waals surface area (Å²) in [6.07, 6.45) is 2.31. The second-order valence-corrected chi connectivity index (χ2v) is 8.62. The number of hydrogen-bond donors (Lipinski definition) is 0. The number of rotatable bonds is 8. The standard InChI is InChI=1S/C22H19Cl2N3O3S/c1-29-9-3-8-27-21(28)18-7-6-16(24)11-19(18)26-22(27)31-13-17-12-30-20(25-17)14-4-2-5-15(23)10-14/h2,4-7,10-12H,3,8-9,13H2,1H3. The molecule has 0 fully saturated rings. The molecule has 0 spiro atoms. The molecule has 0 saturated heterocycles. The molecule has 6 nitrogen and oxygen atoms in total. The zero-order chi connectivity index (χ0) is 21.8. The average Bonchev–Trinajstić information content (AvgIpc) is 3.23. The highest BCUT2D eigenvalue weighted by Crippen LogP contribution is 2.26. The van der Waals surface area contributed by atoms with Crippen molar-refractivity contribution in [2.45, 2.75) is 23.9 Å². The van der Waals surface area contributed by atoms with E-state index in [0.29, 0.717) is 57.3 Å². The lowest BCUT2D eigenvalue weighted by atomic mass is 10.2. The van der Waals surface area contributed by atoms with E-state index in [4.69, 9.17) is 37.3 Å². The zero-order valence-corrected chi connectivity index (χ0v) is 19.0.